The number of ketones is 1. The highest BCUT2D eigenvalue weighted by molar-refractivity contribution is 6.36. The van der Waals surface area contributed by atoms with Crippen LogP contribution < -0.4 is 5.32 Å². The Labute approximate surface area is 145 Å². The summed E-state index contributed by atoms with van der Waals surface area (Å²) in [6, 6.07) is 17.1. The largest absolute Gasteiger partial charge is 0.463 e. The molecular weight excluding hydrogens is 322 g/mol. The molecule has 6 heteroatoms. The van der Waals surface area contributed by atoms with Crippen molar-refractivity contribution in [3.05, 3.63) is 71.8 Å². The third-order valence-electron chi connectivity index (χ3n) is 3.49. The van der Waals surface area contributed by atoms with Crippen molar-refractivity contribution in [3.63, 3.8) is 0 Å². The number of esters is 1. The first-order valence-corrected chi connectivity index (χ1v) is 7.73. The lowest BCUT2D eigenvalue weighted by molar-refractivity contribution is -0.152. The molecule has 0 aromatic heterocycles. The average molecular weight is 341 g/mol. The van der Waals surface area contributed by atoms with E-state index in [1.54, 1.807) is 12.1 Å². The van der Waals surface area contributed by atoms with Gasteiger partial charge in [0.15, 0.2) is 0 Å². The number of carbonyl (C=O) groups excluding carboxylic acids is 3. The van der Waals surface area contributed by atoms with Crippen LogP contribution in [0.25, 0.3) is 0 Å². The van der Waals surface area contributed by atoms with E-state index in [0.29, 0.717) is 0 Å². The van der Waals surface area contributed by atoms with E-state index in [0.717, 1.165) is 18.2 Å². The van der Waals surface area contributed by atoms with E-state index in [1.807, 2.05) is 48.5 Å². The van der Waals surface area contributed by atoms with Gasteiger partial charge in [0.25, 0.3) is 5.78 Å². The van der Waals surface area contributed by atoms with Crippen molar-refractivity contribution in [1.82, 2.24) is 5.32 Å². The number of methoxy groups -OCH3 is 1. The highest BCUT2D eigenvalue weighted by Crippen LogP contribution is 2.06. The second-order valence-corrected chi connectivity index (χ2v) is 5.30. The summed E-state index contributed by atoms with van der Waals surface area (Å²) in [6.45, 7) is 0.0666. The second kappa shape index (κ2) is 9.22. The maximum atomic E-state index is 12.1. The molecule has 0 aliphatic carbocycles. The molecule has 0 aliphatic rings. The molecule has 2 aromatic carbocycles. The van der Waals surface area contributed by atoms with Crippen LogP contribution in [0.1, 0.15) is 11.1 Å². The predicted octanol–water partition coefficient (Wildman–Crippen LogP) is 2.27. The number of carbonyl (C=O) groups is 3. The van der Waals surface area contributed by atoms with Gasteiger partial charge in [-0.15, -0.1) is 0 Å². The van der Waals surface area contributed by atoms with Crippen LogP contribution >= 0.6 is 0 Å². The third kappa shape index (κ3) is 5.76. The van der Waals surface area contributed by atoms with E-state index >= 15 is 0 Å². The summed E-state index contributed by atoms with van der Waals surface area (Å²) in [5.41, 5.74) is 1.62. The van der Waals surface area contributed by atoms with Crippen molar-refractivity contribution in [2.45, 2.75) is 19.1 Å². The molecule has 0 spiro atoms. The monoisotopic (exact) mass is 341 g/mol. The number of ether oxygens (including phenoxy) is 2. The summed E-state index contributed by atoms with van der Waals surface area (Å²) in [5.74, 6) is -1.84. The molecule has 1 N–H and O–H groups in total. The average Bonchev–Trinajstić information content (AvgIpc) is 2.66. The Hall–Kier alpha value is -3.15. The van der Waals surface area contributed by atoms with Gasteiger partial charge >= 0.3 is 12.1 Å². The Morgan fingerprint density at radius 1 is 0.920 bits per heavy atom. The molecule has 2 rings (SSSR count). The molecule has 25 heavy (non-hydrogen) atoms. The van der Waals surface area contributed by atoms with E-state index in [-0.39, 0.29) is 13.0 Å². The van der Waals surface area contributed by atoms with Gasteiger partial charge in [-0.25, -0.2) is 9.59 Å². The van der Waals surface area contributed by atoms with Crippen LogP contribution in [-0.2, 0) is 32.1 Å². The summed E-state index contributed by atoms with van der Waals surface area (Å²) >= 11 is 0. The lowest BCUT2D eigenvalue weighted by atomic mass is 10.0. The molecule has 6 nitrogen and oxygen atoms in total. The molecule has 0 heterocycles. The van der Waals surface area contributed by atoms with Gasteiger partial charge in [0, 0.05) is 6.42 Å². The summed E-state index contributed by atoms with van der Waals surface area (Å²) in [7, 11) is 1.12. The molecule has 130 valence electrons. The van der Waals surface area contributed by atoms with Crippen molar-refractivity contribution >= 4 is 17.8 Å². The summed E-state index contributed by atoms with van der Waals surface area (Å²) in [5, 5.41) is 2.44. The SMILES string of the molecule is COC(=O)C(=O)C(Cc1ccccc1)NC(=O)OCc1ccccc1. The zero-order chi connectivity index (χ0) is 18.1. The Balaban J connectivity index is 2.00. The standard InChI is InChI=1S/C19H19NO5/c1-24-18(22)17(21)16(12-14-8-4-2-5-9-14)20-19(23)25-13-15-10-6-3-7-11-15/h2-11,16H,12-13H2,1H3,(H,20,23). The normalized spacial score (nSPS) is 11.2. The Morgan fingerprint density at radius 3 is 2.04 bits per heavy atom. The fraction of sp³-hybridized carbons (Fsp3) is 0.211. The Bertz CT molecular complexity index is 715. The van der Waals surface area contributed by atoms with Gasteiger partial charge in [-0.2, -0.15) is 0 Å². The first kappa shape index (κ1) is 18.2. The highest BCUT2D eigenvalue weighted by Gasteiger charge is 2.28. The quantitative estimate of drug-likeness (QED) is 0.617. The topological polar surface area (TPSA) is 81.7 Å². The van der Waals surface area contributed by atoms with Crippen LogP contribution in [0.15, 0.2) is 60.7 Å². The van der Waals surface area contributed by atoms with Crippen LogP contribution in [0.2, 0.25) is 0 Å². The maximum absolute atomic E-state index is 12.1. The lowest BCUT2D eigenvalue weighted by Crippen LogP contribution is -2.45. The summed E-state index contributed by atoms with van der Waals surface area (Å²) < 4.78 is 9.57. The molecule has 1 unspecified atom stereocenters. The van der Waals surface area contributed by atoms with Crippen LogP contribution in [0.3, 0.4) is 0 Å². The number of rotatable bonds is 7. The zero-order valence-corrected chi connectivity index (χ0v) is 13.8. The molecule has 0 saturated carbocycles. The second-order valence-electron chi connectivity index (χ2n) is 5.30. The smallest absolute Gasteiger partial charge is 0.408 e. The number of Topliss-reactive ketones (excluding diaryl/α,β-unsaturated/α-hetero) is 1. The Morgan fingerprint density at radius 2 is 1.48 bits per heavy atom. The van der Waals surface area contributed by atoms with Crippen molar-refractivity contribution in [3.8, 4) is 0 Å². The Kier molecular flexibility index (Phi) is 6.71. The summed E-state index contributed by atoms with van der Waals surface area (Å²) in [6.07, 6.45) is -0.614. The van der Waals surface area contributed by atoms with Crippen molar-refractivity contribution in [1.29, 1.82) is 0 Å². The number of amides is 1. The summed E-state index contributed by atoms with van der Waals surface area (Å²) in [4.78, 5) is 35.7. The van der Waals surface area contributed by atoms with Gasteiger partial charge in [-0.05, 0) is 11.1 Å². The van der Waals surface area contributed by atoms with Gasteiger partial charge in [-0.1, -0.05) is 60.7 Å². The molecule has 1 atom stereocenters. The molecule has 2 aromatic rings. The molecule has 1 amide bonds. The fourth-order valence-corrected chi connectivity index (χ4v) is 2.21. The minimum absolute atomic E-state index is 0.0666. The van der Waals surface area contributed by atoms with Crippen LogP contribution in [0.5, 0.6) is 0 Å². The van der Waals surface area contributed by atoms with Gasteiger partial charge in [0.05, 0.1) is 7.11 Å². The zero-order valence-electron chi connectivity index (χ0n) is 13.8. The van der Waals surface area contributed by atoms with E-state index in [9.17, 15) is 14.4 Å². The van der Waals surface area contributed by atoms with Gasteiger partial charge in [0.2, 0.25) is 0 Å². The number of hydrogen-bond donors (Lipinski definition) is 1. The lowest BCUT2D eigenvalue weighted by Gasteiger charge is -2.16. The minimum atomic E-state index is -1.06. The van der Waals surface area contributed by atoms with Gasteiger partial charge in [0.1, 0.15) is 12.6 Å². The first-order chi connectivity index (χ1) is 12.1. The molecule has 0 aliphatic heterocycles. The van der Waals surface area contributed by atoms with E-state index in [1.165, 1.54) is 0 Å². The molecule has 0 saturated heterocycles. The number of hydrogen-bond acceptors (Lipinski definition) is 5. The maximum Gasteiger partial charge on any atom is 0.408 e. The third-order valence-corrected chi connectivity index (χ3v) is 3.49. The predicted molar refractivity (Wildman–Crippen MR) is 90.7 cm³/mol. The highest BCUT2D eigenvalue weighted by atomic mass is 16.5. The molecule has 0 radical (unpaired) electrons. The fourth-order valence-electron chi connectivity index (χ4n) is 2.21. The van der Waals surface area contributed by atoms with Crippen LogP contribution in [0.4, 0.5) is 4.79 Å². The van der Waals surface area contributed by atoms with Crippen LogP contribution in [-0.4, -0.2) is 31.0 Å². The van der Waals surface area contributed by atoms with Crippen molar-refractivity contribution in [2.75, 3.05) is 7.11 Å². The minimum Gasteiger partial charge on any atom is -0.463 e. The van der Waals surface area contributed by atoms with Crippen LogP contribution in [0, 0.1) is 0 Å². The van der Waals surface area contributed by atoms with E-state index in [2.05, 4.69) is 10.1 Å². The van der Waals surface area contributed by atoms with Gasteiger partial charge < -0.3 is 14.8 Å². The number of benzene rings is 2. The molecule has 0 bridgehead atoms. The van der Waals surface area contributed by atoms with Crippen molar-refractivity contribution in [2.24, 2.45) is 0 Å². The van der Waals surface area contributed by atoms with E-state index < -0.39 is 23.9 Å². The van der Waals surface area contributed by atoms with Gasteiger partial charge in [-0.3, -0.25) is 4.79 Å². The van der Waals surface area contributed by atoms with E-state index in [4.69, 9.17) is 4.74 Å². The number of alkyl carbamates (subject to hydrolysis) is 1. The first-order valence-electron chi connectivity index (χ1n) is 7.73. The van der Waals surface area contributed by atoms with Crippen molar-refractivity contribution < 1.29 is 23.9 Å². The molecule has 0 fully saturated rings. The number of nitrogens with one attached hydrogen (secondary N) is 1. The molecular formula is C19H19NO5.